The number of ether oxygens (including phenoxy) is 2. The predicted octanol–water partition coefficient (Wildman–Crippen LogP) is 3.92. The number of nitrogens with one attached hydrogen (secondary N) is 1. The van der Waals surface area contributed by atoms with Gasteiger partial charge in [-0.1, -0.05) is 0 Å². The Morgan fingerprint density at radius 1 is 1.25 bits per heavy atom. The molecule has 0 fully saturated rings. The van der Waals surface area contributed by atoms with E-state index in [-0.39, 0.29) is 41.5 Å². The fourth-order valence-corrected chi connectivity index (χ4v) is 4.94. The first-order chi connectivity index (χ1) is 19.0. The maximum atomic E-state index is 15.5. The zero-order valence-corrected chi connectivity index (χ0v) is 22.0. The Bertz CT molecular complexity index is 1470. The van der Waals surface area contributed by atoms with Crippen molar-refractivity contribution in [3.05, 3.63) is 65.4 Å². The molecule has 2 heterocycles. The number of carboxylic acids is 1. The number of nitrogens with two attached hydrogens (primary N) is 1. The Hall–Kier alpha value is -4.27. The van der Waals surface area contributed by atoms with Crippen LogP contribution in [0.4, 0.5) is 8.78 Å². The Balaban J connectivity index is 1.67. The summed E-state index contributed by atoms with van der Waals surface area (Å²) >= 11 is -1.53. The highest BCUT2D eigenvalue weighted by Crippen LogP contribution is 2.40. The normalized spacial score (nSPS) is 15.7. The van der Waals surface area contributed by atoms with Gasteiger partial charge in [0.05, 0.1) is 6.20 Å². The molecule has 0 bridgehead atoms. The summed E-state index contributed by atoms with van der Waals surface area (Å²) in [6, 6.07) is 8.18. The van der Waals surface area contributed by atoms with Gasteiger partial charge in [-0.2, -0.15) is 4.39 Å². The van der Waals surface area contributed by atoms with E-state index in [1.165, 1.54) is 30.3 Å². The number of carbonyl (C=O) groups is 1. The zero-order chi connectivity index (χ0) is 29.0. The van der Waals surface area contributed by atoms with Gasteiger partial charge in [0.15, 0.2) is 22.2 Å². The van der Waals surface area contributed by atoms with Gasteiger partial charge in [-0.3, -0.25) is 20.1 Å². The SMILES string of the molecule is CN1CC=NC1c1cc([S+]([O-])CCCC(=O)O)ccc1Oc1c(F)cnc(Oc2cc(C(=N)N)ccc2O)c1F. The van der Waals surface area contributed by atoms with Gasteiger partial charge < -0.3 is 30.0 Å². The van der Waals surface area contributed by atoms with Crippen molar-refractivity contribution >= 4 is 29.2 Å². The van der Waals surface area contributed by atoms with Crippen molar-refractivity contribution in [1.82, 2.24) is 9.88 Å². The summed E-state index contributed by atoms with van der Waals surface area (Å²) in [4.78, 5) is 21.0. The average molecular weight is 574 g/mol. The number of aromatic hydroxyl groups is 1. The molecule has 0 amide bonds. The van der Waals surface area contributed by atoms with E-state index in [4.69, 9.17) is 25.7 Å². The minimum Gasteiger partial charge on any atom is -0.611 e. The van der Waals surface area contributed by atoms with Gasteiger partial charge in [0, 0.05) is 42.8 Å². The van der Waals surface area contributed by atoms with Crippen LogP contribution in [0.25, 0.3) is 0 Å². The number of aliphatic carboxylic acids is 1. The summed E-state index contributed by atoms with van der Waals surface area (Å²) in [5.74, 6) is -5.82. The van der Waals surface area contributed by atoms with E-state index < -0.39 is 52.3 Å². The summed E-state index contributed by atoms with van der Waals surface area (Å²) in [6.45, 7) is 0.495. The molecule has 4 rings (SSSR count). The molecule has 1 aliphatic heterocycles. The van der Waals surface area contributed by atoms with Gasteiger partial charge >= 0.3 is 5.97 Å². The smallest absolute Gasteiger partial charge is 0.303 e. The third kappa shape index (κ3) is 6.47. The lowest BCUT2D eigenvalue weighted by molar-refractivity contribution is -0.137. The second kappa shape index (κ2) is 12.3. The number of aliphatic imine (C=N–C) groups is 1. The number of pyridine rings is 1. The van der Waals surface area contributed by atoms with Crippen LogP contribution in [0.15, 0.2) is 52.5 Å². The summed E-state index contributed by atoms with van der Waals surface area (Å²) in [5.41, 5.74) is 6.03. The number of rotatable bonds is 11. The van der Waals surface area contributed by atoms with Crippen molar-refractivity contribution in [2.45, 2.75) is 23.9 Å². The maximum Gasteiger partial charge on any atom is 0.303 e. The molecule has 3 aromatic rings. The monoisotopic (exact) mass is 573 g/mol. The largest absolute Gasteiger partial charge is 0.611 e. The second-order valence-corrected chi connectivity index (χ2v) is 10.3. The molecule has 2 atom stereocenters. The average Bonchev–Trinajstić information content (AvgIpc) is 3.34. The molecule has 40 heavy (non-hydrogen) atoms. The van der Waals surface area contributed by atoms with E-state index in [0.717, 1.165) is 0 Å². The Morgan fingerprint density at radius 2 is 2.02 bits per heavy atom. The topological polar surface area (TPSA) is 177 Å². The number of phenols is 1. The molecule has 11 nitrogen and oxygen atoms in total. The molecule has 0 saturated carbocycles. The summed E-state index contributed by atoms with van der Waals surface area (Å²) in [7, 11) is 1.78. The van der Waals surface area contributed by atoms with Crippen molar-refractivity contribution in [2.75, 3.05) is 19.3 Å². The summed E-state index contributed by atoms with van der Waals surface area (Å²) in [5, 5.41) is 26.5. The van der Waals surface area contributed by atoms with Crippen LogP contribution in [0.3, 0.4) is 0 Å². The Morgan fingerprint density at radius 3 is 2.70 bits per heavy atom. The molecule has 1 aromatic heterocycles. The molecular weight excluding hydrogens is 548 g/mol. The number of nitrogen functional groups attached to an aromatic ring is 1. The number of aromatic nitrogens is 1. The molecule has 5 N–H and O–H groups in total. The minimum atomic E-state index is -1.53. The van der Waals surface area contributed by atoms with Crippen LogP contribution in [0, 0.1) is 17.0 Å². The van der Waals surface area contributed by atoms with Crippen molar-refractivity contribution in [2.24, 2.45) is 10.7 Å². The number of halogens is 2. The molecule has 0 radical (unpaired) electrons. The number of nitrogens with zero attached hydrogens (tertiary/aromatic N) is 3. The zero-order valence-electron chi connectivity index (χ0n) is 21.1. The third-order valence-corrected chi connectivity index (χ3v) is 7.30. The van der Waals surface area contributed by atoms with Gasteiger partial charge in [-0.05, 0) is 48.6 Å². The molecule has 14 heteroatoms. The second-order valence-electron chi connectivity index (χ2n) is 8.75. The number of hydrogen-bond acceptors (Lipinski definition) is 9. The fraction of sp³-hybridized carbons (Fsp3) is 0.231. The first kappa shape index (κ1) is 28.7. The van der Waals surface area contributed by atoms with Gasteiger partial charge in [0.1, 0.15) is 23.5 Å². The minimum absolute atomic E-state index is 0.0264. The summed E-state index contributed by atoms with van der Waals surface area (Å²) in [6.07, 6.45) is 1.83. The standard InChI is InChI=1S/C26H25F2N5O6S/c1-33-9-8-31-25(33)16-12-15(40(37)10-2-3-21(35)36)5-7-19(16)38-23-17(27)13-32-26(22(23)28)39-20-11-14(24(29)30)4-6-18(20)34/h4-8,11-13,25,34H,2-3,9-10H2,1H3,(H3,29,30)(H,35,36). The van der Waals surface area contributed by atoms with Gasteiger partial charge in [0.25, 0.3) is 5.88 Å². The Labute approximate surface area is 230 Å². The third-order valence-electron chi connectivity index (χ3n) is 5.87. The van der Waals surface area contributed by atoms with Gasteiger partial charge in [0.2, 0.25) is 11.6 Å². The number of carboxylic acid groups (broad SMARTS) is 1. The summed E-state index contributed by atoms with van der Waals surface area (Å²) < 4.78 is 54.1. The van der Waals surface area contributed by atoms with E-state index in [0.29, 0.717) is 23.2 Å². The maximum absolute atomic E-state index is 15.5. The highest BCUT2D eigenvalue weighted by atomic mass is 32.2. The van der Waals surface area contributed by atoms with Crippen molar-refractivity contribution in [3.8, 4) is 28.9 Å². The van der Waals surface area contributed by atoms with E-state index in [1.54, 1.807) is 19.3 Å². The molecule has 2 unspecified atom stereocenters. The highest BCUT2D eigenvalue weighted by molar-refractivity contribution is 7.91. The van der Waals surface area contributed by atoms with Crippen LogP contribution in [0.5, 0.6) is 28.9 Å². The van der Waals surface area contributed by atoms with Crippen molar-refractivity contribution in [3.63, 3.8) is 0 Å². The molecule has 2 aromatic carbocycles. The molecule has 0 spiro atoms. The van der Waals surface area contributed by atoms with E-state index in [1.807, 2.05) is 4.90 Å². The number of amidine groups is 1. The van der Waals surface area contributed by atoms with Crippen LogP contribution in [-0.2, 0) is 16.0 Å². The molecule has 0 aliphatic carbocycles. The van der Waals surface area contributed by atoms with Crippen LogP contribution in [-0.4, -0.2) is 62.0 Å². The molecule has 0 saturated heterocycles. The molecular formula is C26H25F2N5O6S. The van der Waals surface area contributed by atoms with Crippen molar-refractivity contribution < 1.29 is 37.8 Å². The van der Waals surface area contributed by atoms with Gasteiger partial charge in [-0.25, -0.2) is 9.37 Å². The fourth-order valence-electron chi connectivity index (χ4n) is 3.82. The predicted molar refractivity (Wildman–Crippen MR) is 142 cm³/mol. The van der Waals surface area contributed by atoms with E-state index >= 15 is 4.39 Å². The van der Waals surface area contributed by atoms with Crippen LogP contribution in [0.1, 0.15) is 30.1 Å². The van der Waals surface area contributed by atoms with Crippen molar-refractivity contribution in [1.29, 1.82) is 5.41 Å². The highest BCUT2D eigenvalue weighted by Gasteiger charge is 2.28. The lowest BCUT2D eigenvalue weighted by Gasteiger charge is -2.22. The lowest BCUT2D eigenvalue weighted by atomic mass is 10.1. The number of phenolic OH excluding ortho intramolecular Hbond substituents is 1. The van der Waals surface area contributed by atoms with E-state index in [2.05, 4.69) is 9.98 Å². The van der Waals surface area contributed by atoms with Crippen LogP contribution < -0.4 is 15.2 Å². The first-order valence-corrected chi connectivity index (χ1v) is 13.2. The number of benzene rings is 2. The Kier molecular flexibility index (Phi) is 8.82. The van der Waals surface area contributed by atoms with E-state index in [9.17, 15) is 18.8 Å². The van der Waals surface area contributed by atoms with Crippen LogP contribution >= 0.6 is 0 Å². The first-order valence-electron chi connectivity index (χ1n) is 11.9. The molecule has 210 valence electrons. The molecule has 1 aliphatic rings. The number of hydrogen-bond donors (Lipinski definition) is 4. The quantitative estimate of drug-likeness (QED) is 0.150. The lowest BCUT2D eigenvalue weighted by Crippen LogP contribution is -2.20. The van der Waals surface area contributed by atoms with Gasteiger partial charge in [-0.15, -0.1) is 0 Å². The van der Waals surface area contributed by atoms with Crippen LogP contribution in [0.2, 0.25) is 0 Å².